The Morgan fingerprint density at radius 3 is 2.40 bits per heavy atom. The zero-order valence-electron chi connectivity index (χ0n) is 15.3. The topological polar surface area (TPSA) is 62.4 Å². The van der Waals surface area contributed by atoms with Gasteiger partial charge in [0.05, 0.1) is 16.4 Å². The van der Waals surface area contributed by atoms with Gasteiger partial charge in [-0.25, -0.2) is 0 Å². The minimum atomic E-state index is -4.82. The van der Waals surface area contributed by atoms with Gasteiger partial charge in [-0.05, 0) is 36.4 Å². The van der Waals surface area contributed by atoms with Gasteiger partial charge < -0.3 is 0 Å². The van der Waals surface area contributed by atoms with Crippen LogP contribution in [0.1, 0.15) is 24.5 Å². The van der Waals surface area contributed by atoms with Crippen LogP contribution in [0.2, 0.25) is 15.1 Å². The first-order chi connectivity index (χ1) is 14.1. The summed E-state index contributed by atoms with van der Waals surface area (Å²) >= 11 is 17.9. The van der Waals surface area contributed by atoms with E-state index < -0.39 is 11.8 Å². The number of nitrogens with one attached hydrogen (secondary N) is 3. The number of hydroxylamine groups is 1. The van der Waals surface area contributed by atoms with Crippen molar-refractivity contribution in [1.82, 2.24) is 10.9 Å². The van der Waals surface area contributed by atoms with Crippen molar-refractivity contribution in [3.63, 3.8) is 0 Å². The number of amides is 1. The van der Waals surface area contributed by atoms with Gasteiger partial charge in [0.15, 0.2) is 0 Å². The fraction of sp³-hybridized carbons (Fsp3) is 0.211. The SMILES string of the molecule is CCC(=O)NNc1cc(C2=CC(c3cc(Cl)cc(Cl)c3)(C(F)(F)F)ON2)ccc1Cl. The Hall–Kier alpha value is -2.13. The second kappa shape index (κ2) is 8.55. The lowest BCUT2D eigenvalue weighted by atomic mass is 9.91. The quantitative estimate of drug-likeness (QED) is 0.471. The molecule has 5 nitrogen and oxygen atoms in total. The van der Waals surface area contributed by atoms with E-state index in [4.69, 9.17) is 39.6 Å². The van der Waals surface area contributed by atoms with Gasteiger partial charge in [0.25, 0.3) is 0 Å². The van der Waals surface area contributed by atoms with Crippen LogP contribution < -0.4 is 16.3 Å². The molecule has 0 spiro atoms. The van der Waals surface area contributed by atoms with Crippen LogP contribution in [0.4, 0.5) is 18.9 Å². The van der Waals surface area contributed by atoms with Crippen molar-refractivity contribution in [2.75, 3.05) is 5.43 Å². The molecule has 30 heavy (non-hydrogen) atoms. The lowest BCUT2D eigenvalue weighted by Gasteiger charge is -2.28. The predicted molar refractivity (Wildman–Crippen MR) is 110 cm³/mol. The van der Waals surface area contributed by atoms with E-state index in [0.717, 1.165) is 18.2 Å². The number of carbonyl (C=O) groups is 1. The first kappa shape index (κ1) is 22.6. The van der Waals surface area contributed by atoms with E-state index in [-0.39, 0.29) is 38.7 Å². The van der Waals surface area contributed by atoms with Gasteiger partial charge in [0.2, 0.25) is 11.5 Å². The highest BCUT2D eigenvalue weighted by atomic mass is 35.5. The molecule has 2 aromatic rings. The van der Waals surface area contributed by atoms with E-state index in [1.54, 1.807) is 6.92 Å². The Morgan fingerprint density at radius 2 is 1.80 bits per heavy atom. The molecule has 0 aliphatic carbocycles. The van der Waals surface area contributed by atoms with Gasteiger partial charge in [0, 0.05) is 27.6 Å². The minimum absolute atomic E-state index is 0.0382. The lowest BCUT2D eigenvalue weighted by molar-refractivity contribution is -0.269. The number of alkyl halides is 3. The van der Waals surface area contributed by atoms with Crippen molar-refractivity contribution in [3.8, 4) is 0 Å². The summed E-state index contributed by atoms with van der Waals surface area (Å²) < 4.78 is 42.2. The number of hydrogen-bond donors (Lipinski definition) is 3. The maximum absolute atomic E-state index is 14.1. The fourth-order valence-corrected chi connectivity index (χ4v) is 3.46. The summed E-state index contributed by atoms with van der Waals surface area (Å²) in [7, 11) is 0. The number of benzene rings is 2. The highest BCUT2D eigenvalue weighted by molar-refractivity contribution is 6.34. The molecule has 1 unspecified atom stereocenters. The molecule has 3 rings (SSSR count). The van der Waals surface area contributed by atoms with Crippen molar-refractivity contribution in [2.45, 2.75) is 25.1 Å². The number of hydrogen-bond acceptors (Lipinski definition) is 4. The van der Waals surface area contributed by atoms with Gasteiger partial charge in [-0.15, -0.1) is 0 Å². The van der Waals surface area contributed by atoms with Gasteiger partial charge in [-0.1, -0.05) is 47.8 Å². The van der Waals surface area contributed by atoms with Crippen LogP contribution in [-0.4, -0.2) is 12.1 Å². The van der Waals surface area contributed by atoms with Gasteiger partial charge in [-0.3, -0.25) is 26.0 Å². The smallest absolute Gasteiger partial charge is 0.297 e. The number of carbonyl (C=O) groups excluding carboxylic acids is 1. The van der Waals surface area contributed by atoms with Crippen LogP contribution in [0.3, 0.4) is 0 Å². The van der Waals surface area contributed by atoms with Crippen LogP contribution >= 0.6 is 34.8 Å². The average Bonchev–Trinajstić information content (AvgIpc) is 3.13. The van der Waals surface area contributed by atoms with E-state index in [2.05, 4.69) is 16.3 Å². The molecule has 1 atom stereocenters. The molecular formula is C19H15Cl3F3N3O2. The summed E-state index contributed by atoms with van der Waals surface area (Å²) in [6.45, 7) is 1.67. The fourth-order valence-electron chi connectivity index (χ4n) is 2.77. The normalized spacial score (nSPS) is 18.6. The van der Waals surface area contributed by atoms with E-state index in [1.165, 1.54) is 24.3 Å². The van der Waals surface area contributed by atoms with Crippen molar-refractivity contribution in [2.24, 2.45) is 0 Å². The number of rotatable bonds is 5. The molecular weight excluding hydrogens is 466 g/mol. The third-order valence-electron chi connectivity index (χ3n) is 4.32. The standard InChI is InChI=1S/C19H15Cl3F3N3O2/c1-2-17(29)27-26-15-5-10(3-4-14(15)22)16-9-18(30-28-16,19(23,24)25)11-6-12(20)8-13(21)7-11/h3-9,26,28H,2H2,1H3,(H,27,29). The summed E-state index contributed by atoms with van der Waals surface area (Å²) in [5, 5.41) is 0.339. The van der Waals surface area contributed by atoms with Crippen LogP contribution in [0.15, 0.2) is 42.5 Å². The molecule has 0 saturated heterocycles. The molecule has 3 N–H and O–H groups in total. The monoisotopic (exact) mass is 479 g/mol. The van der Waals surface area contributed by atoms with Crippen molar-refractivity contribution >= 4 is 52.1 Å². The average molecular weight is 481 g/mol. The van der Waals surface area contributed by atoms with Crippen LogP contribution in [0.5, 0.6) is 0 Å². The van der Waals surface area contributed by atoms with Crippen molar-refractivity contribution in [3.05, 3.63) is 68.7 Å². The highest BCUT2D eigenvalue weighted by Gasteiger charge is 2.59. The Bertz CT molecular complexity index is 994. The molecule has 2 aromatic carbocycles. The first-order valence-corrected chi connectivity index (χ1v) is 9.74. The first-order valence-electron chi connectivity index (χ1n) is 8.60. The zero-order chi connectivity index (χ0) is 22.1. The molecule has 1 amide bonds. The Balaban J connectivity index is 2.02. The van der Waals surface area contributed by atoms with E-state index in [0.29, 0.717) is 11.3 Å². The second-order valence-corrected chi connectivity index (χ2v) is 7.66. The molecule has 11 heteroatoms. The Kier molecular flexibility index (Phi) is 6.43. The van der Waals surface area contributed by atoms with Gasteiger partial charge >= 0.3 is 6.18 Å². The number of halogens is 6. The van der Waals surface area contributed by atoms with Crippen molar-refractivity contribution < 1.29 is 22.8 Å². The molecule has 1 aliphatic heterocycles. The van der Waals surface area contributed by atoms with Crippen LogP contribution in [-0.2, 0) is 15.2 Å². The molecule has 0 saturated carbocycles. The summed E-state index contributed by atoms with van der Waals surface area (Å²) in [6.07, 6.45) is -3.69. The summed E-state index contributed by atoms with van der Waals surface area (Å²) in [5.74, 6) is -0.285. The number of hydrazine groups is 1. The summed E-state index contributed by atoms with van der Waals surface area (Å²) in [6, 6.07) is 8.05. The zero-order valence-corrected chi connectivity index (χ0v) is 17.6. The molecule has 0 fully saturated rings. The minimum Gasteiger partial charge on any atom is -0.297 e. The highest BCUT2D eigenvalue weighted by Crippen LogP contribution is 2.48. The lowest BCUT2D eigenvalue weighted by Crippen LogP contribution is -2.42. The molecule has 0 aromatic heterocycles. The molecule has 1 heterocycles. The van der Waals surface area contributed by atoms with Crippen molar-refractivity contribution in [1.29, 1.82) is 0 Å². The number of anilines is 1. The summed E-state index contributed by atoms with van der Waals surface area (Å²) in [4.78, 5) is 16.5. The third-order valence-corrected chi connectivity index (χ3v) is 5.08. The largest absolute Gasteiger partial charge is 0.428 e. The molecule has 0 bridgehead atoms. The van der Waals surface area contributed by atoms with E-state index in [9.17, 15) is 18.0 Å². The predicted octanol–water partition coefficient (Wildman–Crippen LogP) is 5.83. The Morgan fingerprint density at radius 1 is 1.13 bits per heavy atom. The van der Waals surface area contributed by atoms with E-state index >= 15 is 0 Å². The third kappa shape index (κ3) is 4.46. The second-order valence-electron chi connectivity index (χ2n) is 6.38. The molecule has 0 radical (unpaired) electrons. The molecule has 160 valence electrons. The Labute approximate surface area is 185 Å². The van der Waals surface area contributed by atoms with Gasteiger partial charge in [-0.2, -0.15) is 13.2 Å². The maximum Gasteiger partial charge on any atom is 0.428 e. The molecule has 1 aliphatic rings. The van der Waals surface area contributed by atoms with Crippen LogP contribution in [0.25, 0.3) is 5.70 Å². The van der Waals surface area contributed by atoms with Crippen LogP contribution in [0, 0.1) is 0 Å². The van der Waals surface area contributed by atoms with Gasteiger partial charge in [0.1, 0.15) is 0 Å². The maximum atomic E-state index is 14.1. The summed E-state index contributed by atoms with van der Waals surface area (Å²) in [5.41, 5.74) is 5.00. The van der Waals surface area contributed by atoms with E-state index in [1.807, 2.05) is 0 Å².